The van der Waals surface area contributed by atoms with Crippen molar-refractivity contribution in [2.45, 2.75) is 12.5 Å². The number of carbonyl (C=O) groups is 1. The zero-order valence-corrected chi connectivity index (χ0v) is 16.5. The maximum atomic E-state index is 12.2. The molecule has 2 aromatic rings. The molecular formula is C19H21ClN2O4S. The lowest BCUT2D eigenvalue weighted by molar-refractivity contribution is -0.117. The molecule has 8 heteroatoms. The molecule has 0 aliphatic carbocycles. The van der Waals surface area contributed by atoms with Crippen molar-refractivity contribution in [3.8, 4) is 11.5 Å². The molecule has 1 atom stereocenters. The number of hydrogen-bond acceptors (Lipinski definition) is 5. The van der Waals surface area contributed by atoms with Crippen molar-refractivity contribution in [2.75, 3.05) is 30.4 Å². The van der Waals surface area contributed by atoms with Gasteiger partial charge in [-0.3, -0.25) is 9.69 Å². The number of rotatable bonds is 6. The number of benzene rings is 2. The Kier molecular flexibility index (Phi) is 6.04. The smallest absolute Gasteiger partial charge is 0.238 e. The van der Waals surface area contributed by atoms with Crippen molar-refractivity contribution in [3.63, 3.8) is 0 Å². The van der Waals surface area contributed by atoms with Crippen LogP contribution in [0.25, 0.3) is 0 Å². The van der Waals surface area contributed by atoms with Crippen molar-refractivity contribution in [1.82, 2.24) is 4.90 Å². The van der Waals surface area contributed by atoms with Crippen LogP contribution in [0.15, 0.2) is 48.5 Å². The number of carbonyl (C=O) groups excluding carboxylic acids is 1. The summed E-state index contributed by atoms with van der Waals surface area (Å²) in [6.07, 6.45) is 0.570. The van der Waals surface area contributed by atoms with Crippen molar-refractivity contribution in [1.29, 1.82) is 0 Å². The Morgan fingerprint density at radius 3 is 2.56 bits per heavy atom. The van der Waals surface area contributed by atoms with Crippen LogP contribution in [-0.4, -0.2) is 50.4 Å². The van der Waals surface area contributed by atoms with Gasteiger partial charge in [0, 0.05) is 11.7 Å². The van der Waals surface area contributed by atoms with E-state index < -0.39 is 9.84 Å². The van der Waals surface area contributed by atoms with Crippen LogP contribution < -0.4 is 10.1 Å². The molecule has 144 valence electrons. The summed E-state index contributed by atoms with van der Waals surface area (Å²) in [7, 11) is -1.20. The van der Waals surface area contributed by atoms with Crippen LogP contribution >= 0.6 is 11.6 Å². The van der Waals surface area contributed by atoms with Gasteiger partial charge in [-0.05, 0) is 49.9 Å². The summed E-state index contributed by atoms with van der Waals surface area (Å²) in [5.74, 6) is 1.28. The van der Waals surface area contributed by atoms with E-state index in [0.29, 0.717) is 28.6 Å². The van der Waals surface area contributed by atoms with E-state index in [4.69, 9.17) is 16.3 Å². The molecular weight excluding hydrogens is 388 g/mol. The number of nitrogens with zero attached hydrogens (tertiary/aromatic N) is 1. The molecule has 1 heterocycles. The third-order valence-corrected chi connectivity index (χ3v) is 6.49. The Hall–Kier alpha value is -2.09. The van der Waals surface area contributed by atoms with Gasteiger partial charge < -0.3 is 10.1 Å². The Bertz CT molecular complexity index is 916. The quantitative estimate of drug-likeness (QED) is 0.794. The van der Waals surface area contributed by atoms with Crippen LogP contribution in [0.2, 0.25) is 5.02 Å². The summed E-state index contributed by atoms with van der Waals surface area (Å²) in [6.45, 7) is 0.137. The number of halogens is 1. The molecule has 1 fully saturated rings. The molecule has 3 rings (SSSR count). The molecule has 0 aromatic heterocycles. The SMILES string of the molecule is CN(CC(=O)Nc1ccc(Oc2ccccc2Cl)cc1)[C@@H]1CCS(=O)(=O)C1. The first-order valence-electron chi connectivity index (χ1n) is 8.55. The summed E-state index contributed by atoms with van der Waals surface area (Å²) in [4.78, 5) is 14.0. The van der Waals surface area contributed by atoms with E-state index in [1.165, 1.54) is 0 Å². The van der Waals surface area contributed by atoms with Crippen LogP contribution in [-0.2, 0) is 14.6 Å². The Balaban J connectivity index is 1.53. The Morgan fingerprint density at radius 1 is 1.22 bits per heavy atom. The topological polar surface area (TPSA) is 75.7 Å². The van der Waals surface area contributed by atoms with E-state index in [1.54, 1.807) is 48.3 Å². The highest BCUT2D eigenvalue weighted by molar-refractivity contribution is 7.91. The minimum Gasteiger partial charge on any atom is -0.456 e. The predicted octanol–water partition coefficient (Wildman–Crippen LogP) is 3.19. The lowest BCUT2D eigenvalue weighted by Crippen LogP contribution is -2.38. The average Bonchev–Trinajstić information content (AvgIpc) is 2.99. The second-order valence-electron chi connectivity index (χ2n) is 6.58. The number of hydrogen-bond donors (Lipinski definition) is 1. The summed E-state index contributed by atoms with van der Waals surface area (Å²) in [5.41, 5.74) is 0.638. The van der Waals surface area contributed by atoms with Crippen LogP contribution in [0.3, 0.4) is 0 Å². The summed E-state index contributed by atoms with van der Waals surface area (Å²) in [5, 5.41) is 3.33. The predicted molar refractivity (Wildman–Crippen MR) is 106 cm³/mol. The molecule has 0 spiro atoms. The molecule has 1 aliphatic heterocycles. The van der Waals surface area contributed by atoms with Crippen molar-refractivity contribution >= 4 is 33.0 Å². The van der Waals surface area contributed by atoms with Crippen molar-refractivity contribution in [2.24, 2.45) is 0 Å². The number of amides is 1. The highest BCUT2D eigenvalue weighted by Gasteiger charge is 2.31. The largest absolute Gasteiger partial charge is 0.456 e. The third kappa shape index (κ3) is 5.45. The van der Waals surface area contributed by atoms with Gasteiger partial charge in [-0.15, -0.1) is 0 Å². The molecule has 27 heavy (non-hydrogen) atoms. The van der Waals surface area contributed by atoms with Gasteiger partial charge in [-0.1, -0.05) is 23.7 Å². The van der Waals surface area contributed by atoms with Crippen LogP contribution in [0.1, 0.15) is 6.42 Å². The summed E-state index contributed by atoms with van der Waals surface area (Å²) < 4.78 is 28.8. The molecule has 0 radical (unpaired) electrons. The first kappa shape index (κ1) is 19.7. The third-order valence-electron chi connectivity index (χ3n) is 4.43. The number of ether oxygens (including phenoxy) is 1. The van der Waals surface area contributed by atoms with E-state index >= 15 is 0 Å². The first-order chi connectivity index (χ1) is 12.8. The normalized spacial score (nSPS) is 18.4. The molecule has 0 unspecified atom stereocenters. The second kappa shape index (κ2) is 8.29. The highest BCUT2D eigenvalue weighted by atomic mass is 35.5. The zero-order valence-electron chi connectivity index (χ0n) is 14.9. The van der Waals surface area contributed by atoms with Crippen molar-refractivity contribution < 1.29 is 17.9 Å². The first-order valence-corrected chi connectivity index (χ1v) is 10.8. The minimum atomic E-state index is -2.97. The molecule has 1 saturated heterocycles. The summed E-state index contributed by atoms with van der Waals surface area (Å²) in [6, 6.07) is 14.0. The van der Waals surface area contributed by atoms with Gasteiger partial charge in [0.1, 0.15) is 11.5 Å². The highest BCUT2D eigenvalue weighted by Crippen LogP contribution is 2.29. The number of para-hydroxylation sites is 1. The van der Waals surface area contributed by atoms with Gasteiger partial charge in [-0.25, -0.2) is 8.42 Å². The zero-order chi connectivity index (χ0) is 19.4. The van der Waals surface area contributed by atoms with E-state index in [0.717, 1.165) is 0 Å². The molecule has 1 N–H and O–H groups in total. The molecule has 0 saturated carbocycles. The van der Waals surface area contributed by atoms with E-state index in [2.05, 4.69) is 5.32 Å². The Morgan fingerprint density at radius 2 is 1.93 bits per heavy atom. The monoisotopic (exact) mass is 408 g/mol. The molecule has 1 aliphatic rings. The number of nitrogens with one attached hydrogen (secondary N) is 1. The van der Waals surface area contributed by atoms with Gasteiger partial charge in [0.25, 0.3) is 0 Å². The van der Waals surface area contributed by atoms with E-state index in [-0.39, 0.29) is 30.0 Å². The van der Waals surface area contributed by atoms with E-state index in [9.17, 15) is 13.2 Å². The maximum absolute atomic E-state index is 12.2. The fraction of sp³-hybridized carbons (Fsp3) is 0.316. The lowest BCUT2D eigenvalue weighted by atomic mass is 10.2. The van der Waals surface area contributed by atoms with Crippen molar-refractivity contribution in [3.05, 3.63) is 53.6 Å². The number of sulfone groups is 1. The van der Waals surface area contributed by atoms with Crippen LogP contribution in [0.5, 0.6) is 11.5 Å². The lowest BCUT2D eigenvalue weighted by Gasteiger charge is -2.22. The van der Waals surface area contributed by atoms with Gasteiger partial charge in [0.15, 0.2) is 9.84 Å². The molecule has 0 bridgehead atoms. The van der Waals surface area contributed by atoms with Gasteiger partial charge in [0.2, 0.25) is 5.91 Å². The Labute approximate surface area is 164 Å². The van der Waals surface area contributed by atoms with Crippen LogP contribution in [0.4, 0.5) is 5.69 Å². The fourth-order valence-corrected chi connectivity index (χ4v) is 4.92. The fourth-order valence-electron chi connectivity index (χ4n) is 2.94. The molecule has 2 aromatic carbocycles. The van der Waals surface area contributed by atoms with Gasteiger partial charge in [0.05, 0.1) is 23.1 Å². The maximum Gasteiger partial charge on any atom is 0.238 e. The number of likely N-dealkylation sites (N-methyl/N-ethyl adjacent to an activating group) is 1. The minimum absolute atomic E-state index is 0.104. The molecule has 6 nitrogen and oxygen atoms in total. The van der Waals surface area contributed by atoms with E-state index in [1.807, 2.05) is 12.1 Å². The van der Waals surface area contributed by atoms with Gasteiger partial charge >= 0.3 is 0 Å². The molecule has 1 amide bonds. The van der Waals surface area contributed by atoms with Crippen LogP contribution in [0, 0.1) is 0 Å². The second-order valence-corrected chi connectivity index (χ2v) is 9.21. The van der Waals surface area contributed by atoms with Gasteiger partial charge in [-0.2, -0.15) is 0 Å². The average molecular weight is 409 g/mol. The standard InChI is InChI=1S/C19H21ClN2O4S/c1-22(15-10-11-27(24,25)13-15)12-19(23)21-14-6-8-16(9-7-14)26-18-5-3-2-4-17(18)20/h2-9,15H,10-13H2,1H3,(H,21,23)/t15-/m1/s1. The number of anilines is 1. The summed E-state index contributed by atoms with van der Waals surface area (Å²) >= 11 is 6.07.